The standard InChI is InChI=1S/C40H28N6O3S/c47-36(34-22-13-25-50-34)35-32-26-27(23-24-33(32)45(38(35)48)39(49)41-31-20-11-4-12-21-31)37-42-44-46(43-37)40(28-14-5-1-6-15-28,29-16-7-2-8-17-29)30-18-9-3-10-19-30/h1-26,48H,(H,41,49). The van der Waals surface area contributed by atoms with Gasteiger partial charge in [-0.3, -0.25) is 4.79 Å². The smallest absolute Gasteiger partial charge is 0.333 e. The van der Waals surface area contributed by atoms with Gasteiger partial charge in [0.1, 0.15) is 0 Å². The van der Waals surface area contributed by atoms with E-state index >= 15 is 0 Å². The van der Waals surface area contributed by atoms with Gasteiger partial charge in [0.05, 0.1) is 16.0 Å². The summed E-state index contributed by atoms with van der Waals surface area (Å²) in [6.07, 6.45) is 0. The lowest BCUT2D eigenvalue weighted by molar-refractivity contribution is 0.104. The molecule has 5 aromatic carbocycles. The number of benzene rings is 5. The van der Waals surface area contributed by atoms with Crippen LogP contribution in [0.1, 0.15) is 31.9 Å². The van der Waals surface area contributed by atoms with Gasteiger partial charge in [0.25, 0.3) is 0 Å². The lowest BCUT2D eigenvalue weighted by Gasteiger charge is -2.34. The molecule has 0 radical (unpaired) electrons. The summed E-state index contributed by atoms with van der Waals surface area (Å²) in [5.41, 5.74) is 3.28. The van der Waals surface area contributed by atoms with E-state index in [1.54, 1.807) is 64.8 Å². The van der Waals surface area contributed by atoms with Crippen LogP contribution in [-0.4, -0.2) is 41.7 Å². The summed E-state index contributed by atoms with van der Waals surface area (Å²) in [5.74, 6) is -0.565. The van der Waals surface area contributed by atoms with Gasteiger partial charge < -0.3 is 10.4 Å². The predicted molar refractivity (Wildman–Crippen MR) is 194 cm³/mol. The number of thiophene rings is 1. The molecule has 0 atom stereocenters. The molecule has 0 aliphatic carbocycles. The van der Waals surface area contributed by atoms with Crippen molar-refractivity contribution in [2.75, 3.05) is 5.32 Å². The first-order chi connectivity index (χ1) is 24.6. The second-order valence-electron chi connectivity index (χ2n) is 11.6. The van der Waals surface area contributed by atoms with Crippen molar-refractivity contribution in [2.24, 2.45) is 0 Å². The van der Waals surface area contributed by atoms with E-state index in [0.717, 1.165) is 21.3 Å². The molecule has 0 aliphatic rings. The Bertz CT molecular complexity index is 2350. The zero-order valence-electron chi connectivity index (χ0n) is 26.4. The van der Waals surface area contributed by atoms with E-state index in [9.17, 15) is 14.7 Å². The van der Waals surface area contributed by atoms with Crippen molar-refractivity contribution in [2.45, 2.75) is 5.54 Å². The summed E-state index contributed by atoms with van der Waals surface area (Å²) in [6.45, 7) is 0. The molecule has 50 heavy (non-hydrogen) atoms. The normalized spacial score (nSPS) is 11.4. The van der Waals surface area contributed by atoms with Gasteiger partial charge in [-0.1, -0.05) is 115 Å². The maximum absolute atomic E-state index is 13.8. The Morgan fingerprint density at radius 3 is 1.84 bits per heavy atom. The van der Waals surface area contributed by atoms with Crippen LogP contribution in [0, 0.1) is 0 Å². The quantitative estimate of drug-likeness (QED) is 0.124. The molecule has 3 heterocycles. The molecule has 0 saturated heterocycles. The third kappa shape index (κ3) is 5.15. The molecule has 3 aromatic heterocycles. The van der Waals surface area contributed by atoms with Crippen molar-refractivity contribution in [3.8, 4) is 17.3 Å². The number of aromatic hydroxyl groups is 1. The number of amides is 1. The molecular formula is C40H28N6O3S. The van der Waals surface area contributed by atoms with Crippen LogP contribution in [0.4, 0.5) is 10.5 Å². The number of carbonyl (C=O) groups is 2. The summed E-state index contributed by atoms with van der Waals surface area (Å²) >= 11 is 1.26. The van der Waals surface area contributed by atoms with Crippen molar-refractivity contribution in [1.29, 1.82) is 0 Å². The molecule has 1 amide bonds. The molecule has 9 nitrogen and oxygen atoms in total. The summed E-state index contributed by atoms with van der Waals surface area (Å²) in [7, 11) is 0. The van der Waals surface area contributed by atoms with Crippen molar-refractivity contribution in [3.63, 3.8) is 0 Å². The van der Waals surface area contributed by atoms with Gasteiger partial charge in [0.2, 0.25) is 17.5 Å². The highest BCUT2D eigenvalue weighted by Gasteiger charge is 2.41. The van der Waals surface area contributed by atoms with Crippen LogP contribution >= 0.6 is 11.3 Å². The number of aromatic nitrogens is 5. The lowest BCUT2D eigenvalue weighted by atomic mass is 9.77. The van der Waals surface area contributed by atoms with Crippen LogP contribution in [0.15, 0.2) is 157 Å². The average molecular weight is 673 g/mol. The fourth-order valence-electron chi connectivity index (χ4n) is 6.43. The Balaban J connectivity index is 1.30. The van der Waals surface area contributed by atoms with E-state index in [-0.39, 0.29) is 5.56 Å². The fourth-order valence-corrected chi connectivity index (χ4v) is 7.10. The number of carbonyl (C=O) groups excluding carboxylic acids is 2. The summed E-state index contributed by atoms with van der Waals surface area (Å²) in [5, 5.41) is 30.7. The molecule has 0 bridgehead atoms. The number of fused-ring (bicyclic) bond motifs is 1. The first-order valence-electron chi connectivity index (χ1n) is 15.8. The van der Waals surface area contributed by atoms with E-state index in [1.807, 2.05) is 97.1 Å². The number of ketones is 1. The highest BCUT2D eigenvalue weighted by Crippen LogP contribution is 2.41. The number of hydrogen-bond acceptors (Lipinski definition) is 7. The average Bonchev–Trinajstić information content (AvgIpc) is 3.94. The molecular weight excluding hydrogens is 645 g/mol. The molecule has 0 aliphatic heterocycles. The molecule has 242 valence electrons. The van der Waals surface area contributed by atoms with Gasteiger partial charge in [0.15, 0.2) is 5.54 Å². The van der Waals surface area contributed by atoms with Gasteiger partial charge in [-0.25, -0.2) is 9.36 Å². The Morgan fingerprint density at radius 1 is 0.700 bits per heavy atom. The lowest BCUT2D eigenvalue weighted by Crippen LogP contribution is -2.39. The monoisotopic (exact) mass is 672 g/mol. The minimum Gasteiger partial charge on any atom is -0.494 e. The van der Waals surface area contributed by atoms with Crippen molar-refractivity contribution in [1.82, 2.24) is 24.8 Å². The third-order valence-electron chi connectivity index (χ3n) is 8.69. The first-order valence-corrected chi connectivity index (χ1v) is 16.7. The van der Waals surface area contributed by atoms with Crippen molar-refractivity contribution < 1.29 is 14.7 Å². The largest absolute Gasteiger partial charge is 0.494 e. The number of hydrogen-bond donors (Lipinski definition) is 2. The molecule has 10 heteroatoms. The minimum absolute atomic E-state index is 0.00658. The molecule has 0 saturated carbocycles. The van der Waals surface area contributed by atoms with Crippen LogP contribution in [0.2, 0.25) is 0 Å². The number of nitrogens with one attached hydrogen (secondary N) is 1. The van der Waals surface area contributed by atoms with E-state index in [0.29, 0.717) is 32.9 Å². The van der Waals surface area contributed by atoms with E-state index in [1.165, 1.54) is 11.3 Å². The molecule has 8 rings (SSSR count). The predicted octanol–water partition coefficient (Wildman–Crippen LogP) is 8.21. The highest BCUT2D eigenvalue weighted by atomic mass is 32.1. The SMILES string of the molecule is O=C(c1cccs1)c1c(O)n(C(=O)Nc2ccccc2)c2ccc(-c3nnn(C(c4ccccc4)(c4ccccc4)c4ccccc4)n3)cc12. The number of anilines is 1. The maximum Gasteiger partial charge on any atom is 0.333 e. The molecule has 0 spiro atoms. The number of tetrazole rings is 1. The van der Waals surface area contributed by atoms with Crippen LogP contribution < -0.4 is 5.32 Å². The Kier molecular flexibility index (Phi) is 7.82. The van der Waals surface area contributed by atoms with Crippen LogP contribution in [0.5, 0.6) is 5.88 Å². The summed E-state index contributed by atoms with van der Waals surface area (Å²) in [6, 6.07) is 47.0. The van der Waals surface area contributed by atoms with E-state index < -0.39 is 23.2 Å². The van der Waals surface area contributed by atoms with E-state index in [2.05, 4.69) is 15.6 Å². The summed E-state index contributed by atoms with van der Waals surface area (Å²) < 4.78 is 1.11. The van der Waals surface area contributed by atoms with Crippen molar-refractivity contribution >= 4 is 39.7 Å². The van der Waals surface area contributed by atoms with Gasteiger partial charge in [-0.2, -0.15) is 0 Å². The van der Waals surface area contributed by atoms with E-state index in [4.69, 9.17) is 5.10 Å². The van der Waals surface area contributed by atoms with Gasteiger partial charge >= 0.3 is 6.03 Å². The van der Waals surface area contributed by atoms with Crippen LogP contribution in [0.25, 0.3) is 22.3 Å². The Morgan fingerprint density at radius 2 is 1.28 bits per heavy atom. The first kappa shape index (κ1) is 30.7. The molecule has 0 unspecified atom stereocenters. The minimum atomic E-state index is -0.976. The second-order valence-corrected chi connectivity index (χ2v) is 12.5. The topological polar surface area (TPSA) is 115 Å². The van der Waals surface area contributed by atoms with Crippen LogP contribution in [0.3, 0.4) is 0 Å². The van der Waals surface area contributed by atoms with Gasteiger partial charge in [-0.15, -0.1) is 26.3 Å². The molecule has 0 fully saturated rings. The van der Waals surface area contributed by atoms with Gasteiger partial charge in [0, 0.05) is 16.6 Å². The Hall–Kier alpha value is -6.65. The van der Waals surface area contributed by atoms with Crippen molar-refractivity contribution in [3.05, 3.63) is 184 Å². The summed E-state index contributed by atoms with van der Waals surface area (Å²) in [4.78, 5) is 29.5. The van der Waals surface area contributed by atoms with Crippen LogP contribution in [-0.2, 0) is 5.54 Å². The second kappa shape index (κ2) is 12.8. The maximum atomic E-state index is 13.8. The number of nitrogens with zero attached hydrogens (tertiary/aromatic N) is 5. The zero-order chi connectivity index (χ0) is 34.1. The fraction of sp³-hybridized carbons (Fsp3) is 0.0250. The van der Waals surface area contributed by atoms with Gasteiger partial charge in [-0.05, 0) is 63.7 Å². The number of rotatable bonds is 8. The molecule has 2 N–H and O–H groups in total. The number of para-hydroxylation sites is 1. The Labute approximate surface area is 290 Å². The molecule has 8 aromatic rings. The zero-order valence-corrected chi connectivity index (χ0v) is 27.2. The third-order valence-corrected chi connectivity index (χ3v) is 9.56. The highest BCUT2D eigenvalue weighted by molar-refractivity contribution is 7.12.